The number of nitriles is 1. The Morgan fingerprint density at radius 3 is 2.75 bits per heavy atom. The molecule has 1 aromatic carbocycles. The number of likely N-dealkylation sites (tertiary alicyclic amines) is 1. The van der Waals surface area contributed by atoms with Crippen molar-refractivity contribution in [2.45, 2.75) is 25.2 Å². The minimum Gasteiger partial charge on any atom is -0.350 e. The summed E-state index contributed by atoms with van der Waals surface area (Å²) in [4.78, 5) is 2.42. The van der Waals surface area contributed by atoms with Crippen molar-refractivity contribution in [1.82, 2.24) is 9.47 Å². The molecular formula is C17H21N3. The Kier molecular flexibility index (Phi) is 3.75. The Morgan fingerprint density at radius 2 is 2.00 bits per heavy atom. The van der Waals surface area contributed by atoms with Gasteiger partial charge in [-0.05, 0) is 43.5 Å². The fourth-order valence-electron chi connectivity index (χ4n) is 3.37. The first-order chi connectivity index (χ1) is 9.79. The van der Waals surface area contributed by atoms with E-state index in [2.05, 4.69) is 53.0 Å². The van der Waals surface area contributed by atoms with Gasteiger partial charge in [-0.15, -0.1) is 0 Å². The van der Waals surface area contributed by atoms with Crippen LogP contribution in [0, 0.1) is 11.3 Å². The molecule has 1 aliphatic heterocycles. The van der Waals surface area contributed by atoms with E-state index >= 15 is 0 Å². The van der Waals surface area contributed by atoms with E-state index in [4.69, 9.17) is 5.26 Å². The number of piperidine rings is 1. The first-order valence-electron chi connectivity index (χ1n) is 7.43. The highest BCUT2D eigenvalue weighted by molar-refractivity contribution is 5.84. The molecular weight excluding hydrogens is 246 g/mol. The van der Waals surface area contributed by atoms with E-state index in [0.717, 1.165) is 19.6 Å². The number of rotatable bonds is 3. The Morgan fingerprint density at radius 1 is 1.25 bits per heavy atom. The summed E-state index contributed by atoms with van der Waals surface area (Å²) >= 11 is 0. The largest absolute Gasteiger partial charge is 0.350 e. The number of aromatic nitrogens is 1. The maximum absolute atomic E-state index is 8.67. The average Bonchev–Trinajstić information content (AvgIpc) is 2.83. The number of para-hydroxylation sites is 1. The molecule has 0 aliphatic carbocycles. The van der Waals surface area contributed by atoms with Gasteiger partial charge in [-0.25, -0.2) is 0 Å². The molecule has 20 heavy (non-hydrogen) atoms. The van der Waals surface area contributed by atoms with Crippen molar-refractivity contribution >= 4 is 10.9 Å². The highest BCUT2D eigenvalue weighted by Gasteiger charge is 2.22. The second-order valence-corrected chi connectivity index (χ2v) is 5.74. The Hall–Kier alpha value is -1.79. The average molecular weight is 267 g/mol. The van der Waals surface area contributed by atoms with Gasteiger partial charge in [0.05, 0.1) is 6.07 Å². The van der Waals surface area contributed by atoms with Crippen LogP contribution in [0.5, 0.6) is 0 Å². The van der Waals surface area contributed by atoms with Crippen molar-refractivity contribution in [3.05, 3.63) is 36.0 Å². The van der Waals surface area contributed by atoms with Gasteiger partial charge in [-0.2, -0.15) is 5.26 Å². The summed E-state index contributed by atoms with van der Waals surface area (Å²) < 4.78 is 2.24. The molecule has 2 aromatic rings. The number of fused-ring (bicyclic) bond motifs is 1. The van der Waals surface area contributed by atoms with Crippen LogP contribution in [0.15, 0.2) is 30.5 Å². The van der Waals surface area contributed by atoms with Gasteiger partial charge in [0.2, 0.25) is 0 Å². The lowest BCUT2D eigenvalue weighted by molar-refractivity contribution is 0.217. The molecule has 0 radical (unpaired) electrons. The van der Waals surface area contributed by atoms with Crippen LogP contribution < -0.4 is 0 Å². The van der Waals surface area contributed by atoms with Crippen LogP contribution in [0.25, 0.3) is 10.9 Å². The van der Waals surface area contributed by atoms with E-state index < -0.39 is 0 Å². The summed E-state index contributed by atoms with van der Waals surface area (Å²) in [5.74, 6) is 0.666. The first-order valence-corrected chi connectivity index (χ1v) is 7.43. The van der Waals surface area contributed by atoms with Gasteiger partial charge < -0.3 is 9.47 Å². The van der Waals surface area contributed by atoms with Crippen LogP contribution in [0.2, 0.25) is 0 Å². The van der Waals surface area contributed by atoms with Gasteiger partial charge >= 0.3 is 0 Å². The highest BCUT2D eigenvalue weighted by Crippen LogP contribution is 2.33. The molecule has 1 fully saturated rings. The third kappa shape index (κ3) is 2.44. The molecule has 0 spiro atoms. The molecule has 2 heterocycles. The van der Waals surface area contributed by atoms with Crippen molar-refractivity contribution in [2.75, 3.05) is 19.6 Å². The zero-order valence-electron chi connectivity index (χ0n) is 12.0. The molecule has 1 saturated heterocycles. The molecule has 3 rings (SSSR count). The lowest BCUT2D eigenvalue weighted by atomic mass is 9.89. The second kappa shape index (κ2) is 5.68. The fraction of sp³-hybridized carbons (Fsp3) is 0.471. The number of nitrogens with zero attached hydrogens (tertiary/aromatic N) is 3. The molecule has 0 unspecified atom stereocenters. The third-order valence-electron chi connectivity index (χ3n) is 4.50. The topological polar surface area (TPSA) is 32.0 Å². The van der Waals surface area contributed by atoms with Crippen molar-refractivity contribution in [2.24, 2.45) is 7.05 Å². The summed E-state index contributed by atoms with van der Waals surface area (Å²) in [6, 6.07) is 10.9. The predicted octanol–water partition coefficient (Wildman–Crippen LogP) is 3.27. The smallest absolute Gasteiger partial charge is 0.0635 e. The first kappa shape index (κ1) is 13.2. The van der Waals surface area contributed by atoms with Crippen LogP contribution in [0.1, 0.15) is 30.7 Å². The van der Waals surface area contributed by atoms with Crippen LogP contribution >= 0.6 is 0 Å². The number of aryl methyl sites for hydroxylation is 1. The predicted molar refractivity (Wildman–Crippen MR) is 81.6 cm³/mol. The number of benzene rings is 1. The number of hydrogen-bond donors (Lipinski definition) is 0. The van der Waals surface area contributed by atoms with E-state index in [1.54, 1.807) is 0 Å². The molecule has 0 atom stereocenters. The minimum absolute atomic E-state index is 0.652. The van der Waals surface area contributed by atoms with E-state index in [9.17, 15) is 0 Å². The van der Waals surface area contributed by atoms with E-state index in [1.807, 2.05) is 0 Å². The van der Waals surface area contributed by atoms with Gasteiger partial charge in [-0.1, -0.05) is 18.2 Å². The molecule has 0 N–H and O–H groups in total. The molecule has 0 saturated carbocycles. The maximum atomic E-state index is 8.67. The van der Waals surface area contributed by atoms with Crippen LogP contribution in [0.4, 0.5) is 0 Å². The maximum Gasteiger partial charge on any atom is 0.0635 e. The molecule has 1 aliphatic rings. The van der Waals surface area contributed by atoms with Crippen LogP contribution in [-0.2, 0) is 7.05 Å². The van der Waals surface area contributed by atoms with Crippen molar-refractivity contribution < 1.29 is 0 Å². The van der Waals surface area contributed by atoms with Gasteiger partial charge in [0, 0.05) is 37.1 Å². The third-order valence-corrected chi connectivity index (χ3v) is 4.50. The highest BCUT2D eigenvalue weighted by atomic mass is 15.1. The van der Waals surface area contributed by atoms with Gasteiger partial charge in [0.15, 0.2) is 0 Å². The van der Waals surface area contributed by atoms with Crippen molar-refractivity contribution in [3.8, 4) is 6.07 Å². The SMILES string of the molecule is Cn1cc(C2CCN(CCC#N)CC2)c2ccccc21. The summed E-state index contributed by atoms with van der Waals surface area (Å²) in [5, 5.41) is 10.1. The van der Waals surface area contributed by atoms with E-state index in [-0.39, 0.29) is 0 Å². The lowest BCUT2D eigenvalue weighted by Crippen LogP contribution is -2.33. The van der Waals surface area contributed by atoms with Crippen LogP contribution in [0.3, 0.4) is 0 Å². The Bertz CT molecular complexity index is 627. The zero-order chi connectivity index (χ0) is 13.9. The molecule has 1 aromatic heterocycles. The number of hydrogen-bond acceptors (Lipinski definition) is 2. The molecule has 3 heteroatoms. The molecule has 0 amide bonds. The second-order valence-electron chi connectivity index (χ2n) is 5.74. The van der Waals surface area contributed by atoms with Crippen LogP contribution in [-0.4, -0.2) is 29.1 Å². The van der Waals surface area contributed by atoms with Gasteiger partial charge in [0.1, 0.15) is 0 Å². The Balaban J connectivity index is 1.76. The minimum atomic E-state index is 0.652. The van der Waals surface area contributed by atoms with Crippen molar-refractivity contribution in [3.63, 3.8) is 0 Å². The van der Waals surface area contributed by atoms with Gasteiger partial charge in [0.25, 0.3) is 0 Å². The van der Waals surface area contributed by atoms with E-state index in [1.165, 1.54) is 29.3 Å². The lowest BCUT2D eigenvalue weighted by Gasteiger charge is -2.31. The summed E-state index contributed by atoms with van der Waals surface area (Å²) in [7, 11) is 2.13. The Labute approximate surface area is 120 Å². The zero-order valence-corrected chi connectivity index (χ0v) is 12.0. The summed E-state index contributed by atoms with van der Waals surface area (Å²) in [5.41, 5.74) is 2.83. The molecule has 104 valence electrons. The normalized spacial score (nSPS) is 17.4. The van der Waals surface area contributed by atoms with Gasteiger partial charge in [-0.3, -0.25) is 0 Å². The molecule has 0 bridgehead atoms. The van der Waals surface area contributed by atoms with E-state index in [0.29, 0.717) is 12.3 Å². The molecule has 3 nitrogen and oxygen atoms in total. The fourth-order valence-corrected chi connectivity index (χ4v) is 3.37. The summed E-state index contributed by atoms with van der Waals surface area (Å²) in [6.45, 7) is 3.17. The van der Waals surface area contributed by atoms with Crippen molar-refractivity contribution in [1.29, 1.82) is 5.26 Å². The standard InChI is InChI=1S/C17H21N3/c1-19-13-16(15-5-2-3-6-17(15)19)14-7-11-20(12-8-14)10-4-9-18/h2-3,5-6,13-14H,4,7-8,10-12H2,1H3. The summed E-state index contributed by atoms with van der Waals surface area (Å²) in [6.07, 6.45) is 5.37. The quantitative estimate of drug-likeness (QED) is 0.855. The monoisotopic (exact) mass is 267 g/mol.